The second-order valence-electron chi connectivity index (χ2n) is 5.55. The summed E-state index contributed by atoms with van der Waals surface area (Å²) in [7, 11) is 0. The van der Waals surface area contributed by atoms with Crippen LogP contribution >= 0.6 is 0 Å². The first-order valence-electron chi connectivity index (χ1n) is 7.18. The monoisotopic (exact) mass is 269 g/mol. The lowest BCUT2D eigenvalue weighted by Gasteiger charge is -2.18. The Morgan fingerprint density at radius 1 is 0.950 bits per heavy atom. The van der Waals surface area contributed by atoms with Gasteiger partial charge in [0.1, 0.15) is 12.4 Å². The molecule has 20 heavy (non-hydrogen) atoms. The van der Waals surface area contributed by atoms with Crippen LogP contribution in [0.3, 0.4) is 0 Å². The molecule has 106 valence electrons. The maximum Gasteiger partial charge on any atom is 0.124 e. The zero-order valence-corrected chi connectivity index (χ0v) is 12.3. The predicted octanol–water partition coefficient (Wildman–Crippen LogP) is 4.31. The first kappa shape index (κ1) is 14.6. The normalized spacial score (nSPS) is 12.4. The van der Waals surface area contributed by atoms with E-state index in [0.29, 0.717) is 12.5 Å². The van der Waals surface area contributed by atoms with Crippen molar-refractivity contribution < 1.29 is 4.74 Å². The summed E-state index contributed by atoms with van der Waals surface area (Å²) in [6.45, 7) is 4.95. The van der Waals surface area contributed by atoms with Gasteiger partial charge in [-0.15, -0.1) is 0 Å². The van der Waals surface area contributed by atoms with Crippen molar-refractivity contribution >= 4 is 0 Å². The molecule has 2 aromatic carbocycles. The van der Waals surface area contributed by atoms with Gasteiger partial charge in [0, 0.05) is 11.6 Å². The second-order valence-corrected chi connectivity index (χ2v) is 5.55. The molecule has 0 saturated heterocycles. The SMILES string of the molecule is CC(C)C[C@@H](N)c1ccccc1OCc1ccccc1. The third-order valence-electron chi connectivity index (χ3n) is 3.28. The topological polar surface area (TPSA) is 35.2 Å². The molecule has 2 heteroatoms. The average Bonchev–Trinajstić information content (AvgIpc) is 2.46. The summed E-state index contributed by atoms with van der Waals surface area (Å²) in [6.07, 6.45) is 0.964. The lowest BCUT2D eigenvalue weighted by molar-refractivity contribution is 0.299. The highest BCUT2D eigenvalue weighted by molar-refractivity contribution is 5.36. The van der Waals surface area contributed by atoms with Crippen LogP contribution in [0, 0.1) is 5.92 Å². The summed E-state index contributed by atoms with van der Waals surface area (Å²) in [5.41, 5.74) is 8.55. The van der Waals surface area contributed by atoms with Gasteiger partial charge in [-0.3, -0.25) is 0 Å². The Hall–Kier alpha value is -1.80. The van der Waals surface area contributed by atoms with Crippen LogP contribution in [0.2, 0.25) is 0 Å². The fourth-order valence-corrected chi connectivity index (χ4v) is 2.29. The quantitative estimate of drug-likeness (QED) is 0.848. The van der Waals surface area contributed by atoms with E-state index in [9.17, 15) is 0 Å². The van der Waals surface area contributed by atoms with Crippen LogP contribution in [0.1, 0.15) is 37.4 Å². The fourth-order valence-electron chi connectivity index (χ4n) is 2.29. The maximum atomic E-state index is 6.29. The minimum Gasteiger partial charge on any atom is -0.489 e. The van der Waals surface area contributed by atoms with Gasteiger partial charge < -0.3 is 10.5 Å². The lowest BCUT2D eigenvalue weighted by atomic mass is 9.97. The zero-order chi connectivity index (χ0) is 14.4. The molecule has 0 fully saturated rings. The van der Waals surface area contributed by atoms with Crippen molar-refractivity contribution in [3.63, 3.8) is 0 Å². The molecule has 2 N–H and O–H groups in total. The van der Waals surface area contributed by atoms with Gasteiger partial charge in [-0.05, 0) is 24.0 Å². The molecule has 0 heterocycles. The van der Waals surface area contributed by atoms with Crippen LogP contribution in [0.5, 0.6) is 5.75 Å². The molecule has 0 amide bonds. The van der Waals surface area contributed by atoms with E-state index in [2.05, 4.69) is 32.0 Å². The highest BCUT2D eigenvalue weighted by atomic mass is 16.5. The van der Waals surface area contributed by atoms with E-state index in [1.54, 1.807) is 0 Å². The molecule has 2 rings (SSSR count). The first-order valence-corrected chi connectivity index (χ1v) is 7.18. The smallest absolute Gasteiger partial charge is 0.124 e. The summed E-state index contributed by atoms with van der Waals surface area (Å²) >= 11 is 0. The van der Waals surface area contributed by atoms with Crippen molar-refractivity contribution in [3.05, 3.63) is 65.7 Å². The largest absolute Gasteiger partial charge is 0.489 e. The summed E-state index contributed by atoms with van der Waals surface area (Å²) in [4.78, 5) is 0. The minimum atomic E-state index is 0.0296. The number of hydrogen-bond acceptors (Lipinski definition) is 2. The van der Waals surface area contributed by atoms with Crippen LogP contribution in [0.25, 0.3) is 0 Å². The third kappa shape index (κ3) is 4.10. The summed E-state index contributed by atoms with van der Waals surface area (Å²) in [5.74, 6) is 1.47. The van der Waals surface area contributed by atoms with Gasteiger partial charge in [0.2, 0.25) is 0 Å². The van der Waals surface area contributed by atoms with E-state index >= 15 is 0 Å². The van der Waals surface area contributed by atoms with Gasteiger partial charge in [-0.25, -0.2) is 0 Å². The zero-order valence-electron chi connectivity index (χ0n) is 12.3. The third-order valence-corrected chi connectivity index (χ3v) is 3.28. The van der Waals surface area contributed by atoms with Crippen LogP contribution in [-0.2, 0) is 6.61 Å². The number of nitrogens with two attached hydrogens (primary N) is 1. The number of benzene rings is 2. The van der Waals surface area contributed by atoms with Crippen LogP contribution in [-0.4, -0.2) is 0 Å². The van der Waals surface area contributed by atoms with Gasteiger partial charge in [-0.2, -0.15) is 0 Å². The van der Waals surface area contributed by atoms with E-state index in [-0.39, 0.29) is 6.04 Å². The van der Waals surface area contributed by atoms with Crippen LogP contribution in [0.4, 0.5) is 0 Å². The average molecular weight is 269 g/mol. The first-order chi connectivity index (χ1) is 9.66. The Bertz CT molecular complexity index is 522. The van der Waals surface area contributed by atoms with Crippen LogP contribution < -0.4 is 10.5 Å². The Kier molecular flexibility index (Phi) is 5.19. The summed E-state index contributed by atoms with van der Waals surface area (Å²) < 4.78 is 5.95. The molecule has 1 atom stereocenters. The van der Waals surface area contributed by atoms with E-state index in [0.717, 1.165) is 17.7 Å². The number of para-hydroxylation sites is 1. The Morgan fingerprint density at radius 2 is 1.60 bits per heavy atom. The van der Waals surface area contributed by atoms with Crippen molar-refractivity contribution in [3.8, 4) is 5.75 Å². The molecule has 2 aromatic rings. The molecule has 0 saturated carbocycles. The van der Waals surface area contributed by atoms with Gasteiger partial charge in [0.15, 0.2) is 0 Å². The van der Waals surface area contributed by atoms with Gasteiger partial charge >= 0.3 is 0 Å². The van der Waals surface area contributed by atoms with E-state index in [4.69, 9.17) is 10.5 Å². The van der Waals surface area contributed by atoms with Crippen molar-refractivity contribution in [2.75, 3.05) is 0 Å². The predicted molar refractivity (Wildman–Crippen MR) is 83.6 cm³/mol. The van der Waals surface area contributed by atoms with E-state index < -0.39 is 0 Å². The molecule has 0 radical (unpaired) electrons. The molecule has 0 aliphatic rings. The van der Waals surface area contributed by atoms with Crippen molar-refractivity contribution in [1.29, 1.82) is 0 Å². The molecular formula is C18H23NO. The van der Waals surface area contributed by atoms with Crippen molar-refractivity contribution in [2.45, 2.75) is 32.9 Å². The Morgan fingerprint density at radius 3 is 2.30 bits per heavy atom. The highest BCUT2D eigenvalue weighted by Gasteiger charge is 2.13. The number of hydrogen-bond donors (Lipinski definition) is 1. The number of rotatable bonds is 6. The van der Waals surface area contributed by atoms with Crippen molar-refractivity contribution in [1.82, 2.24) is 0 Å². The van der Waals surface area contributed by atoms with Crippen molar-refractivity contribution in [2.24, 2.45) is 11.7 Å². The standard InChI is InChI=1S/C18H23NO/c1-14(2)12-17(19)16-10-6-7-11-18(16)20-13-15-8-4-3-5-9-15/h3-11,14,17H,12-13,19H2,1-2H3/t17-/m1/s1. The fraction of sp³-hybridized carbons (Fsp3) is 0.333. The second kappa shape index (κ2) is 7.11. The summed E-state index contributed by atoms with van der Waals surface area (Å²) in [5, 5.41) is 0. The minimum absolute atomic E-state index is 0.0296. The Labute approximate surface area is 121 Å². The molecule has 0 aliphatic carbocycles. The summed E-state index contributed by atoms with van der Waals surface area (Å²) in [6, 6.07) is 18.3. The van der Waals surface area contributed by atoms with Crippen LogP contribution in [0.15, 0.2) is 54.6 Å². The molecular weight excluding hydrogens is 246 g/mol. The molecule has 0 unspecified atom stereocenters. The molecule has 0 aromatic heterocycles. The Balaban J connectivity index is 2.08. The molecule has 0 aliphatic heterocycles. The van der Waals surface area contributed by atoms with E-state index in [1.807, 2.05) is 36.4 Å². The van der Waals surface area contributed by atoms with Gasteiger partial charge in [-0.1, -0.05) is 62.4 Å². The molecule has 2 nitrogen and oxygen atoms in total. The van der Waals surface area contributed by atoms with Gasteiger partial charge in [0.25, 0.3) is 0 Å². The molecule has 0 bridgehead atoms. The highest BCUT2D eigenvalue weighted by Crippen LogP contribution is 2.28. The van der Waals surface area contributed by atoms with E-state index in [1.165, 1.54) is 5.56 Å². The maximum absolute atomic E-state index is 6.29. The van der Waals surface area contributed by atoms with Gasteiger partial charge in [0.05, 0.1) is 0 Å². The lowest BCUT2D eigenvalue weighted by Crippen LogP contribution is -2.14. The molecule has 0 spiro atoms. The number of ether oxygens (including phenoxy) is 1.